The summed E-state index contributed by atoms with van der Waals surface area (Å²) in [4.78, 5) is 31.3. The minimum absolute atomic E-state index is 0.188. The largest absolute Gasteiger partial charge is 0.478 e. The number of nitrogens with zero attached hydrogens (tertiary/aromatic N) is 2. The van der Waals surface area contributed by atoms with E-state index in [9.17, 15) is 14.7 Å². The molecule has 0 saturated carbocycles. The van der Waals surface area contributed by atoms with Crippen molar-refractivity contribution in [3.05, 3.63) is 64.1 Å². The molecular weight excluding hydrogens is 446 g/mol. The summed E-state index contributed by atoms with van der Waals surface area (Å²) in [6, 6.07) is 13.9. The number of halogens is 1. The lowest BCUT2D eigenvalue weighted by Crippen LogP contribution is -2.35. The molecule has 1 atom stereocenters. The zero-order valence-electron chi connectivity index (χ0n) is 16.6. The Hall–Kier alpha value is -2.93. The molecule has 0 radical (unpaired) electrons. The van der Waals surface area contributed by atoms with Gasteiger partial charge < -0.3 is 15.3 Å². The minimum Gasteiger partial charge on any atom is -0.478 e. The van der Waals surface area contributed by atoms with Gasteiger partial charge in [-0.25, -0.2) is 9.78 Å². The summed E-state index contributed by atoms with van der Waals surface area (Å²) in [5, 5.41) is 13.1. The molecule has 0 unspecified atom stereocenters. The smallest absolute Gasteiger partial charge is 0.336 e. The number of rotatable bonds is 4. The molecule has 4 rings (SSSR count). The molecule has 30 heavy (non-hydrogen) atoms. The van der Waals surface area contributed by atoms with Crippen LogP contribution in [0.3, 0.4) is 0 Å². The molecule has 0 aliphatic carbocycles. The van der Waals surface area contributed by atoms with Crippen molar-refractivity contribution in [1.82, 2.24) is 4.98 Å². The molecule has 1 aliphatic heterocycles. The summed E-state index contributed by atoms with van der Waals surface area (Å²) < 4.78 is 0.890. The molecule has 3 aromatic rings. The van der Waals surface area contributed by atoms with Crippen LogP contribution in [0.1, 0.15) is 40.5 Å². The molecule has 6 nitrogen and oxygen atoms in total. The maximum Gasteiger partial charge on any atom is 0.336 e. The minimum atomic E-state index is -1.01. The number of anilines is 2. The van der Waals surface area contributed by atoms with E-state index >= 15 is 0 Å². The molecule has 1 fully saturated rings. The molecule has 2 aromatic carbocycles. The van der Waals surface area contributed by atoms with Gasteiger partial charge in [-0.05, 0) is 67.3 Å². The first-order valence-corrected chi connectivity index (χ1v) is 10.7. The van der Waals surface area contributed by atoms with E-state index < -0.39 is 5.97 Å². The summed E-state index contributed by atoms with van der Waals surface area (Å²) in [6.07, 6.45) is 2.25. The third-order valence-corrected chi connectivity index (χ3v) is 5.90. The number of pyridine rings is 1. The fraction of sp³-hybridized carbons (Fsp3) is 0.261. The fourth-order valence-electron chi connectivity index (χ4n) is 3.83. The van der Waals surface area contributed by atoms with Crippen molar-refractivity contribution in [3.8, 4) is 0 Å². The third kappa shape index (κ3) is 4.31. The van der Waals surface area contributed by atoms with Crippen LogP contribution < -0.4 is 10.2 Å². The second kappa shape index (κ2) is 8.44. The van der Waals surface area contributed by atoms with Gasteiger partial charge in [-0.3, -0.25) is 4.79 Å². The Labute approximate surface area is 183 Å². The van der Waals surface area contributed by atoms with Crippen molar-refractivity contribution in [1.29, 1.82) is 0 Å². The average Bonchev–Trinajstić information content (AvgIpc) is 2.73. The zero-order valence-corrected chi connectivity index (χ0v) is 18.1. The van der Waals surface area contributed by atoms with Gasteiger partial charge in [0.2, 0.25) is 0 Å². The van der Waals surface area contributed by atoms with Crippen LogP contribution in [0.4, 0.5) is 11.5 Å². The maximum absolute atomic E-state index is 12.5. The molecule has 7 heteroatoms. The number of piperidine rings is 1. The Morgan fingerprint density at radius 3 is 2.63 bits per heavy atom. The van der Waals surface area contributed by atoms with Gasteiger partial charge in [0.05, 0.1) is 11.1 Å². The fourth-order valence-corrected chi connectivity index (χ4v) is 4.09. The van der Waals surface area contributed by atoms with Crippen LogP contribution in [0.25, 0.3) is 10.9 Å². The number of hydrogen-bond acceptors (Lipinski definition) is 4. The van der Waals surface area contributed by atoms with Gasteiger partial charge in [0, 0.05) is 34.2 Å². The lowest BCUT2D eigenvalue weighted by molar-refractivity contribution is 0.0698. The number of carbonyl (C=O) groups is 2. The Kier molecular flexibility index (Phi) is 5.72. The van der Waals surface area contributed by atoms with E-state index in [-0.39, 0.29) is 11.5 Å². The van der Waals surface area contributed by atoms with Crippen molar-refractivity contribution in [2.45, 2.75) is 19.8 Å². The number of fused-ring (bicyclic) bond motifs is 1. The number of carbonyl (C=O) groups excluding carboxylic acids is 1. The highest BCUT2D eigenvalue weighted by Gasteiger charge is 2.21. The number of aromatic nitrogens is 1. The van der Waals surface area contributed by atoms with Crippen molar-refractivity contribution < 1.29 is 14.7 Å². The quantitative estimate of drug-likeness (QED) is 0.551. The van der Waals surface area contributed by atoms with E-state index in [1.165, 1.54) is 6.42 Å². The van der Waals surface area contributed by atoms with Crippen LogP contribution in [-0.2, 0) is 0 Å². The monoisotopic (exact) mass is 467 g/mol. The number of amides is 1. The van der Waals surface area contributed by atoms with E-state index in [2.05, 4.69) is 33.1 Å². The standard InChI is InChI=1S/C23H22BrN3O3/c1-14-3-2-10-27(13-14)21-12-19(23(29)30)18-11-17(8-9-20(18)26-21)25-22(28)15-4-6-16(24)7-5-15/h4-9,11-12,14H,2-3,10,13H2,1H3,(H,25,28)(H,29,30)/t14-/m0/s1. The Balaban J connectivity index is 1.67. The lowest BCUT2D eigenvalue weighted by Gasteiger charge is -2.32. The molecule has 1 amide bonds. The molecular formula is C23H22BrN3O3. The Morgan fingerprint density at radius 1 is 1.17 bits per heavy atom. The van der Waals surface area contributed by atoms with Crippen LogP contribution in [0.5, 0.6) is 0 Å². The summed E-state index contributed by atoms with van der Waals surface area (Å²) >= 11 is 3.35. The van der Waals surface area contributed by atoms with Gasteiger partial charge >= 0.3 is 5.97 Å². The van der Waals surface area contributed by atoms with E-state index in [0.29, 0.717) is 33.9 Å². The topological polar surface area (TPSA) is 82.5 Å². The van der Waals surface area contributed by atoms with Crippen molar-refractivity contribution in [2.75, 3.05) is 23.3 Å². The van der Waals surface area contributed by atoms with Crippen LogP contribution in [-0.4, -0.2) is 35.1 Å². The molecule has 0 bridgehead atoms. The molecule has 1 aromatic heterocycles. The first kappa shape index (κ1) is 20.3. The van der Waals surface area contributed by atoms with Crippen LogP contribution >= 0.6 is 15.9 Å². The molecule has 2 heterocycles. The summed E-state index contributed by atoms with van der Waals surface area (Å²) in [5.74, 6) is -0.0190. The predicted molar refractivity (Wildman–Crippen MR) is 121 cm³/mol. The second-order valence-corrected chi connectivity index (χ2v) is 8.64. The number of aromatic carboxylic acids is 1. The van der Waals surface area contributed by atoms with E-state index in [1.54, 1.807) is 48.5 Å². The van der Waals surface area contributed by atoms with Crippen molar-refractivity contribution in [2.24, 2.45) is 5.92 Å². The molecule has 1 saturated heterocycles. The number of nitrogens with one attached hydrogen (secondary N) is 1. The SMILES string of the molecule is C[C@H]1CCCN(c2cc(C(=O)O)c3cc(NC(=O)c4ccc(Br)cc4)ccc3n2)C1. The number of benzene rings is 2. The molecule has 0 spiro atoms. The highest BCUT2D eigenvalue weighted by molar-refractivity contribution is 9.10. The van der Waals surface area contributed by atoms with Crippen LogP contribution in [0.2, 0.25) is 0 Å². The lowest BCUT2D eigenvalue weighted by atomic mass is 10.00. The van der Waals surface area contributed by atoms with Crippen LogP contribution in [0.15, 0.2) is 53.0 Å². The van der Waals surface area contributed by atoms with Crippen molar-refractivity contribution in [3.63, 3.8) is 0 Å². The van der Waals surface area contributed by atoms with E-state index in [1.807, 2.05) is 0 Å². The highest BCUT2D eigenvalue weighted by atomic mass is 79.9. The Bertz CT molecular complexity index is 1110. The maximum atomic E-state index is 12.5. The number of hydrogen-bond donors (Lipinski definition) is 2. The van der Waals surface area contributed by atoms with Crippen LogP contribution in [0, 0.1) is 5.92 Å². The van der Waals surface area contributed by atoms with E-state index in [0.717, 1.165) is 24.0 Å². The summed E-state index contributed by atoms with van der Waals surface area (Å²) in [5.41, 5.74) is 1.83. The molecule has 154 valence electrons. The summed E-state index contributed by atoms with van der Waals surface area (Å²) in [7, 11) is 0. The van der Waals surface area contributed by atoms with Crippen molar-refractivity contribution >= 4 is 50.2 Å². The predicted octanol–water partition coefficient (Wildman–Crippen LogP) is 5.18. The van der Waals surface area contributed by atoms with Gasteiger partial charge in [0.15, 0.2) is 0 Å². The van der Waals surface area contributed by atoms with Gasteiger partial charge in [0.25, 0.3) is 5.91 Å². The zero-order chi connectivity index (χ0) is 21.3. The van der Waals surface area contributed by atoms with Gasteiger partial charge in [-0.15, -0.1) is 0 Å². The Morgan fingerprint density at radius 2 is 1.93 bits per heavy atom. The van der Waals surface area contributed by atoms with Gasteiger partial charge in [-0.2, -0.15) is 0 Å². The second-order valence-electron chi connectivity index (χ2n) is 7.72. The van der Waals surface area contributed by atoms with Gasteiger partial charge in [0.1, 0.15) is 5.82 Å². The first-order chi connectivity index (χ1) is 14.4. The first-order valence-electron chi connectivity index (χ1n) is 9.90. The van der Waals surface area contributed by atoms with Gasteiger partial charge in [-0.1, -0.05) is 22.9 Å². The molecule has 2 N–H and O–H groups in total. The average molecular weight is 468 g/mol. The number of carboxylic acids is 1. The highest BCUT2D eigenvalue weighted by Crippen LogP contribution is 2.28. The van der Waals surface area contributed by atoms with E-state index in [4.69, 9.17) is 4.98 Å². The summed E-state index contributed by atoms with van der Waals surface area (Å²) in [6.45, 7) is 3.95. The third-order valence-electron chi connectivity index (χ3n) is 5.37. The molecule has 1 aliphatic rings. The normalized spacial score (nSPS) is 16.5. The number of carboxylic acid groups (broad SMARTS) is 1.